The van der Waals surface area contributed by atoms with Crippen LogP contribution in [0.25, 0.3) is 0 Å². The Morgan fingerprint density at radius 1 is 0.309 bits per heavy atom. The molecule has 558 valence electrons. The molecule has 0 aliphatic carbocycles. The number of phosphoric acid groups is 2. The molecule has 94 heavy (non-hydrogen) atoms. The molecule has 3 N–H and O–H groups in total. The van der Waals surface area contributed by atoms with Crippen molar-refractivity contribution in [2.24, 2.45) is 17.8 Å². The molecule has 0 aromatic rings. The Morgan fingerprint density at radius 3 is 0.809 bits per heavy atom. The van der Waals surface area contributed by atoms with Crippen LogP contribution in [0.2, 0.25) is 0 Å². The van der Waals surface area contributed by atoms with E-state index in [-0.39, 0.29) is 25.7 Å². The molecule has 19 heteroatoms. The van der Waals surface area contributed by atoms with Crippen LogP contribution in [-0.4, -0.2) is 96.7 Å². The molecular weight excluding hydrogens is 1230 g/mol. The summed E-state index contributed by atoms with van der Waals surface area (Å²) in [6.45, 7) is 11.9. The summed E-state index contributed by atoms with van der Waals surface area (Å²) in [5, 5.41) is 10.6. The van der Waals surface area contributed by atoms with Gasteiger partial charge in [-0.1, -0.05) is 331 Å². The van der Waals surface area contributed by atoms with Crippen molar-refractivity contribution >= 4 is 39.5 Å². The number of unbranched alkanes of at least 4 members (excludes halogenated alkanes) is 40. The van der Waals surface area contributed by atoms with Crippen LogP contribution in [0.3, 0.4) is 0 Å². The Kier molecular flexibility index (Phi) is 64.3. The summed E-state index contributed by atoms with van der Waals surface area (Å²) >= 11 is 0. The predicted molar refractivity (Wildman–Crippen MR) is 381 cm³/mol. The van der Waals surface area contributed by atoms with Gasteiger partial charge >= 0.3 is 39.5 Å². The fourth-order valence-electron chi connectivity index (χ4n) is 11.4. The van der Waals surface area contributed by atoms with Crippen LogP contribution in [0.5, 0.6) is 0 Å². The van der Waals surface area contributed by atoms with Gasteiger partial charge in [0.05, 0.1) is 26.4 Å². The van der Waals surface area contributed by atoms with Gasteiger partial charge in [-0.15, -0.1) is 0 Å². The molecule has 0 fully saturated rings. The number of hydrogen-bond donors (Lipinski definition) is 3. The Morgan fingerprint density at radius 2 is 0.543 bits per heavy atom. The van der Waals surface area contributed by atoms with Gasteiger partial charge < -0.3 is 33.8 Å². The molecule has 0 aliphatic rings. The van der Waals surface area contributed by atoms with E-state index in [1.165, 1.54) is 193 Å². The number of esters is 4. The summed E-state index contributed by atoms with van der Waals surface area (Å²) in [4.78, 5) is 72.7. The first kappa shape index (κ1) is 92.1. The Hall–Kier alpha value is -1.94. The van der Waals surface area contributed by atoms with E-state index >= 15 is 0 Å². The van der Waals surface area contributed by atoms with E-state index < -0.39 is 97.5 Å². The van der Waals surface area contributed by atoms with Crippen LogP contribution in [0, 0.1) is 17.8 Å². The van der Waals surface area contributed by atoms with Gasteiger partial charge in [0.15, 0.2) is 12.2 Å². The van der Waals surface area contributed by atoms with Crippen molar-refractivity contribution in [1.29, 1.82) is 0 Å². The number of carbonyl (C=O) groups excluding carboxylic acids is 4. The normalized spacial score (nSPS) is 14.4. The van der Waals surface area contributed by atoms with Crippen LogP contribution < -0.4 is 0 Å². The van der Waals surface area contributed by atoms with Crippen LogP contribution in [0.4, 0.5) is 0 Å². The van der Waals surface area contributed by atoms with Gasteiger partial charge in [0, 0.05) is 25.7 Å². The van der Waals surface area contributed by atoms with Gasteiger partial charge in [0.25, 0.3) is 0 Å². The number of carbonyl (C=O) groups is 4. The van der Waals surface area contributed by atoms with E-state index in [1.807, 2.05) is 0 Å². The van der Waals surface area contributed by atoms with Gasteiger partial charge in [-0.25, -0.2) is 9.13 Å². The smallest absolute Gasteiger partial charge is 0.462 e. The van der Waals surface area contributed by atoms with Crippen molar-refractivity contribution in [3.8, 4) is 0 Å². The van der Waals surface area contributed by atoms with E-state index in [1.54, 1.807) is 0 Å². The summed E-state index contributed by atoms with van der Waals surface area (Å²) in [6, 6.07) is 0. The minimum Gasteiger partial charge on any atom is -0.462 e. The van der Waals surface area contributed by atoms with E-state index in [0.717, 1.165) is 102 Å². The highest BCUT2D eigenvalue weighted by atomic mass is 31.2. The first-order valence-corrected chi connectivity index (χ1v) is 41.9. The van der Waals surface area contributed by atoms with E-state index in [2.05, 4.69) is 48.5 Å². The highest BCUT2D eigenvalue weighted by Gasteiger charge is 2.30. The van der Waals surface area contributed by atoms with Crippen molar-refractivity contribution in [1.82, 2.24) is 0 Å². The monoisotopic (exact) mass is 1380 g/mol. The molecule has 0 bridgehead atoms. The second-order valence-corrected chi connectivity index (χ2v) is 31.1. The minimum absolute atomic E-state index is 0.103. The largest absolute Gasteiger partial charge is 0.472 e. The SMILES string of the molecule is CCCCCCCCCCCCC(=O)OC[C@H](COP(=O)(O)OC[C@H](O)COP(=O)(O)OC[C@@H](COC(=O)CCCCCCCCCCCCCCCC(C)C)OC(=O)CCCCCCCCCCCCCCCCC(C)CC)OC(=O)CCCCCCCCCC(C)C. The molecule has 0 aromatic carbocycles. The lowest BCUT2D eigenvalue weighted by Crippen LogP contribution is -2.30. The second-order valence-electron chi connectivity index (χ2n) is 28.2. The third-order valence-electron chi connectivity index (χ3n) is 17.7. The summed E-state index contributed by atoms with van der Waals surface area (Å²) in [5.74, 6) is 0.212. The first-order chi connectivity index (χ1) is 45.3. The lowest BCUT2D eigenvalue weighted by atomic mass is 9.99. The molecular formula is C75H146O17P2. The molecule has 17 nitrogen and oxygen atoms in total. The van der Waals surface area contributed by atoms with Crippen molar-refractivity contribution in [3.63, 3.8) is 0 Å². The topological polar surface area (TPSA) is 237 Å². The van der Waals surface area contributed by atoms with Crippen LogP contribution in [0.1, 0.15) is 382 Å². The molecule has 0 amide bonds. The molecule has 0 saturated heterocycles. The molecule has 0 radical (unpaired) electrons. The first-order valence-electron chi connectivity index (χ1n) is 38.9. The fourth-order valence-corrected chi connectivity index (χ4v) is 13.0. The molecule has 0 aliphatic heterocycles. The number of ether oxygens (including phenoxy) is 4. The minimum atomic E-state index is -4.96. The third-order valence-corrected chi connectivity index (χ3v) is 19.6. The maximum absolute atomic E-state index is 13.1. The van der Waals surface area contributed by atoms with Crippen LogP contribution >= 0.6 is 15.6 Å². The zero-order chi connectivity index (χ0) is 69.4. The highest BCUT2D eigenvalue weighted by Crippen LogP contribution is 2.45. The lowest BCUT2D eigenvalue weighted by Gasteiger charge is -2.21. The van der Waals surface area contributed by atoms with Crippen molar-refractivity contribution in [2.75, 3.05) is 39.6 Å². The van der Waals surface area contributed by atoms with Crippen LogP contribution in [-0.2, 0) is 65.4 Å². The second kappa shape index (κ2) is 65.7. The standard InChI is InChI=1S/C75H146O17P2/c1-8-10-11-12-13-14-28-35-42-49-56-72(77)85-63-71(92-75(80)59-52-45-38-31-33-40-47-54-67(5)6)65-90-94(83,84)88-61-69(76)60-87-93(81,82)89-64-70(62-86-73(78)57-50-43-36-29-24-21-17-18-22-26-32-39-46-53-66(3)4)91-74(79)58-51-44-37-30-25-20-16-15-19-23-27-34-41-48-55-68(7)9-2/h66-71,76H,8-65H2,1-7H3,(H,81,82)(H,83,84)/t68?,69-,70-,71-/m1/s1. The van der Waals surface area contributed by atoms with Gasteiger partial charge in [0.1, 0.15) is 19.3 Å². The zero-order valence-corrected chi connectivity index (χ0v) is 63.2. The Labute approximate surface area is 575 Å². The molecule has 0 aromatic heterocycles. The Bertz CT molecular complexity index is 1840. The molecule has 6 atom stereocenters. The lowest BCUT2D eigenvalue weighted by molar-refractivity contribution is -0.161. The summed E-state index contributed by atoms with van der Waals surface area (Å²) in [5.41, 5.74) is 0. The molecule has 3 unspecified atom stereocenters. The van der Waals surface area contributed by atoms with E-state index in [0.29, 0.717) is 31.6 Å². The maximum atomic E-state index is 13.1. The summed E-state index contributed by atoms with van der Waals surface area (Å²) < 4.78 is 68.4. The molecule has 0 heterocycles. The number of phosphoric ester groups is 2. The number of aliphatic hydroxyl groups excluding tert-OH is 1. The molecule has 0 rings (SSSR count). The summed E-state index contributed by atoms with van der Waals surface area (Å²) in [7, 11) is -9.91. The number of hydrogen-bond acceptors (Lipinski definition) is 15. The maximum Gasteiger partial charge on any atom is 0.472 e. The van der Waals surface area contributed by atoms with Crippen molar-refractivity contribution in [2.45, 2.75) is 401 Å². The van der Waals surface area contributed by atoms with Crippen molar-refractivity contribution < 1.29 is 80.2 Å². The average Bonchev–Trinajstić information content (AvgIpc) is 1.70. The molecule has 0 spiro atoms. The van der Waals surface area contributed by atoms with Crippen LogP contribution in [0.15, 0.2) is 0 Å². The average molecular weight is 1380 g/mol. The van der Waals surface area contributed by atoms with Gasteiger partial charge in [0.2, 0.25) is 0 Å². The highest BCUT2D eigenvalue weighted by molar-refractivity contribution is 7.47. The van der Waals surface area contributed by atoms with Gasteiger partial charge in [-0.3, -0.25) is 37.3 Å². The van der Waals surface area contributed by atoms with E-state index in [4.69, 9.17) is 37.0 Å². The number of aliphatic hydroxyl groups is 1. The zero-order valence-electron chi connectivity index (χ0n) is 61.4. The quantitative estimate of drug-likeness (QED) is 0.0222. The van der Waals surface area contributed by atoms with E-state index in [9.17, 15) is 43.2 Å². The fraction of sp³-hybridized carbons (Fsp3) is 0.947. The van der Waals surface area contributed by atoms with Crippen molar-refractivity contribution in [3.05, 3.63) is 0 Å². The summed E-state index contributed by atoms with van der Waals surface area (Å²) in [6.07, 6.45) is 51.3. The molecule has 0 saturated carbocycles. The van der Waals surface area contributed by atoms with Gasteiger partial charge in [-0.05, 0) is 43.4 Å². The predicted octanol–water partition coefficient (Wildman–Crippen LogP) is 21.8. The Balaban J connectivity index is 5.23. The van der Waals surface area contributed by atoms with Gasteiger partial charge in [-0.2, -0.15) is 0 Å². The number of rotatable bonds is 73. The third kappa shape index (κ3) is 67.3.